The molecular weight excluding hydrogens is 411 g/mol. The number of amides is 1. The molecule has 31 heavy (non-hydrogen) atoms. The van der Waals surface area contributed by atoms with E-state index in [9.17, 15) is 18.0 Å². The summed E-state index contributed by atoms with van der Waals surface area (Å²) in [6, 6.07) is 12.3. The number of nitrogens with zero attached hydrogens (tertiary/aromatic N) is 3. The van der Waals surface area contributed by atoms with Gasteiger partial charge in [-0.1, -0.05) is 29.4 Å². The van der Waals surface area contributed by atoms with Gasteiger partial charge < -0.3 is 14.2 Å². The lowest BCUT2D eigenvalue weighted by molar-refractivity contribution is -0.137. The Morgan fingerprint density at radius 2 is 2.00 bits per heavy atom. The molecule has 1 aromatic heterocycles. The molecule has 0 spiro atoms. The molecular formula is C22H20F3N3O3. The van der Waals surface area contributed by atoms with Crippen molar-refractivity contribution in [2.75, 3.05) is 13.2 Å². The van der Waals surface area contributed by atoms with Gasteiger partial charge >= 0.3 is 6.18 Å². The van der Waals surface area contributed by atoms with Crippen molar-refractivity contribution in [2.24, 2.45) is 0 Å². The molecule has 3 aromatic rings. The average Bonchev–Trinajstić information content (AvgIpc) is 3.36. The number of alkyl halides is 3. The summed E-state index contributed by atoms with van der Waals surface area (Å²) in [4.78, 5) is 18.4. The Morgan fingerprint density at radius 1 is 1.19 bits per heavy atom. The van der Waals surface area contributed by atoms with Crippen LogP contribution in [0, 0.1) is 0 Å². The summed E-state index contributed by atoms with van der Waals surface area (Å²) in [6.45, 7) is 3.27. The van der Waals surface area contributed by atoms with E-state index < -0.39 is 11.7 Å². The molecule has 1 atom stereocenters. The molecule has 0 saturated carbocycles. The number of hydrogen-bond donors (Lipinski definition) is 0. The molecule has 1 unspecified atom stereocenters. The maximum atomic E-state index is 13.0. The van der Waals surface area contributed by atoms with Crippen LogP contribution in [0.2, 0.25) is 0 Å². The molecule has 162 valence electrons. The second-order valence-corrected chi connectivity index (χ2v) is 7.29. The number of carbonyl (C=O) groups excluding carboxylic acids is 1. The summed E-state index contributed by atoms with van der Waals surface area (Å²) in [7, 11) is 0. The van der Waals surface area contributed by atoms with E-state index in [0.29, 0.717) is 19.7 Å². The fourth-order valence-corrected chi connectivity index (χ4v) is 3.56. The third kappa shape index (κ3) is 4.70. The minimum absolute atomic E-state index is 0.0503. The Morgan fingerprint density at radius 3 is 2.77 bits per heavy atom. The average molecular weight is 431 g/mol. The van der Waals surface area contributed by atoms with E-state index in [1.165, 1.54) is 12.1 Å². The number of rotatable bonds is 6. The maximum Gasteiger partial charge on any atom is 0.416 e. The molecule has 6 nitrogen and oxygen atoms in total. The molecule has 1 fully saturated rings. The lowest BCUT2D eigenvalue weighted by atomic mass is 10.1. The second kappa shape index (κ2) is 8.41. The largest absolute Gasteiger partial charge is 0.494 e. The predicted molar refractivity (Wildman–Crippen MR) is 105 cm³/mol. The summed E-state index contributed by atoms with van der Waals surface area (Å²) < 4.78 is 49.6. The van der Waals surface area contributed by atoms with Crippen molar-refractivity contribution in [3.8, 4) is 17.1 Å². The second-order valence-electron chi connectivity index (χ2n) is 7.29. The maximum absolute atomic E-state index is 13.0. The minimum Gasteiger partial charge on any atom is -0.494 e. The van der Waals surface area contributed by atoms with Gasteiger partial charge in [0.05, 0.1) is 18.1 Å². The zero-order valence-corrected chi connectivity index (χ0v) is 16.7. The predicted octanol–water partition coefficient (Wildman–Crippen LogP) is 4.67. The van der Waals surface area contributed by atoms with Crippen LogP contribution in [0.25, 0.3) is 11.4 Å². The van der Waals surface area contributed by atoms with Gasteiger partial charge in [0.1, 0.15) is 5.75 Å². The number of likely N-dealkylation sites (tertiary alicyclic amines) is 1. The normalized spacial score (nSPS) is 16.7. The van der Waals surface area contributed by atoms with Crippen LogP contribution < -0.4 is 4.74 Å². The first-order valence-electron chi connectivity index (χ1n) is 9.84. The van der Waals surface area contributed by atoms with Crippen molar-refractivity contribution in [1.82, 2.24) is 15.0 Å². The van der Waals surface area contributed by atoms with Crippen molar-refractivity contribution in [2.45, 2.75) is 32.0 Å². The summed E-state index contributed by atoms with van der Waals surface area (Å²) >= 11 is 0. The Kier molecular flexibility index (Phi) is 5.67. The highest BCUT2D eigenvalue weighted by molar-refractivity contribution is 5.79. The van der Waals surface area contributed by atoms with Crippen molar-refractivity contribution >= 4 is 5.91 Å². The van der Waals surface area contributed by atoms with E-state index >= 15 is 0 Å². The molecule has 0 bridgehead atoms. The van der Waals surface area contributed by atoms with Crippen LogP contribution >= 0.6 is 0 Å². The van der Waals surface area contributed by atoms with Crippen LogP contribution in [0.4, 0.5) is 13.2 Å². The lowest BCUT2D eigenvalue weighted by Crippen LogP contribution is -2.24. The van der Waals surface area contributed by atoms with Gasteiger partial charge in [0.2, 0.25) is 17.6 Å². The van der Waals surface area contributed by atoms with E-state index in [0.717, 1.165) is 23.4 Å². The van der Waals surface area contributed by atoms with Gasteiger partial charge in [-0.25, -0.2) is 0 Å². The fraction of sp³-hybridized carbons (Fsp3) is 0.318. The van der Waals surface area contributed by atoms with Crippen molar-refractivity contribution in [3.63, 3.8) is 0 Å². The molecule has 1 aliphatic heterocycles. The standard InChI is InChI=1S/C22H20F3N3O3/c1-2-30-18-8-3-5-14(9-18)12-28-13-16(11-19(28)29)21-26-20(27-31-21)15-6-4-7-17(10-15)22(23,24)25/h3-10,16H,2,11-13H2,1H3. The Bertz CT molecular complexity index is 1080. The highest BCUT2D eigenvalue weighted by Crippen LogP contribution is 2.33. The van der Waals surface area contributed by atoms with Crippen LogP contribution in [0.5, 0.6) is 5.75 Å². The topological polar surface area (TPSA) is 68.5 Å². The van der Waals surface area contributed by atoms with E-state index in [-0.39, 0.29) is 35.5 Å². The molecule has 1 amide bonds. The monoisotopic (exact) mass is 431 g/mol. The van der Waals surface area contributed by atoms with Gasteiger partial charge in [0, 0.05) is 25.1 Å². The number of carbonyl (C=O) groups is 1. The number of aromatic nitrogens is 2. The first-order chi connectivity index (χ1) is 14.8. The molecule has 2 heterocycles. The molecule has 0 N–H and O–H groups in total. The van der Waals surface area contributed by atoms with Gasteiger partial charge in [-0.3, -0.25) is 4.79 Å². The van der Waals surface area contributed by atoms with Crippen LogP contribution in [-0.4, -0.2) is 34.1 Å². The molecule has 2 aromatic carbocycles. The van der Waals surface area contributed by atoms with Gasteiger partial charge in [0.25, 0.3) is 0 Å². The zero-order valence-electron chi connectivity index (χ0n) is 16.7. The summed E-state index contributed by atoms with van der Waals surface area (Å²) in [5.74, 6) is 0.689. The lowest BCUT2D eigenvalue weighted by Gasteiger charge is -2.16. The van der Waals surface area contributed by atoms with Crippen molar-refractivity contribution < 1.29 is 27.2 Å². The molecule has 0 radical (unpaired) electrons. The van der Waals surface area contributed by atoms with Crippen LogP contribution in [-0.2, 0) is 17.5 Å². The van der Waals surface area contributed by atoms with Crippen LogP contribution in [0.15, 0.2) is 53.1 Å². The summed E-state index contributed by atoms with van der Waals surface area (Å²) in [5.41, 5.74) is 0.363. The van der Waals surface area contributed by atoms with Gasteiger partial charge in [-0.2, -0.15) is 18.2 Å². The third-order valence-corrected chi connectivity index (χ3v) is 5.04. The van der Waals surface area contributed by atoms with Crippen molar-refractivity contribution in [3.05, 3.63) is 65.5 Å². The number of halogens is 3. The van der Waals surface area contributed by atoms with Crippen LogP contribution in [0.3, 0.4) is 0 Å². The molecule has 1 saturated heterocycles. The highest BCUT2D eigenvalue weighted by atomic mass is 19.4. The first kappa shape index (κ1) is 20.9. The molecule has 9 heteroatoms. The van der Waals surface area contributed by atoms with Gasteiger partial charge in [0.15, 0.2) is 0 Å². The van der Waals surface area contributed by atoms with Crippen molar-refractivity contribution in [1.29, 1.82) is 0 Å². The van der Waals surface area contributed by atoms with Crippen LogP contribution in [0.1, 0.15) is 36.3 Å². The minimum atomic E-state index is -4.46. The van der Waals surface area contributed by atoms with E-state index in [1.807, 2.05) is 31.2 Å². The highest BCUT2D eigenvalue weighted by Gasteiger charge is 2.35. The summed E-state index contributed by atoms with van der Waals surface area (Å²) in [5, 5.41) is 3.82. The molecule has 0 aliphatic carbocycles. The zero-order chi connectivity index (χ0) is 22.0. The number of hydrogen-bond acceptors (Lipinski definition) is 5. The van der Waals surface area contributed by atoms with E-state index in [4.69, 9.17) is 9.26 Å². The Hall–Kier alpha value is -3.36. The number of ether oxygens (including phenoxy) is 1. The Labute approximate surface area is 176 Å². The SMILES string of the molecule is CCOc1cccc(CN2CC(c3nc(-c4cccc(C(F)(F)F)c4)no3)CC2=O)c1. The van der Waals surface area contributed by atoms with Gasteiger partial charge in [-0.15, -0.1) is 0 Å². The summed E-state index contributed by atoms with van der Waals surface area (Å²) in [6.07, 6.45) is -4.25. The fourth-order valence-electron chi connectivity index (χ4n) is 3.56. The van der Waals surface area contributed by atoms with E-state index in [1.54, 1.807) is 4.90 Å². The molecule has 1 aliphatic rings. The molecule has 4 rings (SSSR count). The third-order valence-electron chi connectivity index (χ3n) is 5.04. The first-order valence-corrected chi connectivity index (χ1v) is 9.84. The quantitative estimate of drug-likeness (QED) is 0.567. The van der Waals surface area contributed by atoms with Gasteiger partial charge in [-0.05, 0) is 36.8 Å². The van der Waals surface area contributed by atoms with E-state index in [2.05, 4.69) is 10.1 Å². The smallest absolute Gasteiger partial charge is 0.416 e. The number of benzene rings is 2. The Balaban J connectivity index is 1.47.